The lowest BCUT2D eigenvalue weighted by Crippen LogP contribution is -2.43. The van der Waals surface area contributed by atoms with Gasteiger partial charge in [-0.1, -0.05) is 37.3 Å². The van der Waals surface area contributed by atoms with Crippen molar-refractivity contribution < 1.29 is 19.0 Å². The van der Waals surface area contributed by atoms with Gasteiger partial charge in [0.05, 0.1) is 41.9 Å². The first-order chi connectivity index (χ1) is 21.2. The maximum atomic E-state index is 13.1. The normalized spacial score (nSPS) is 12.3. The molecule has 0 bridgehead atoms. The predicted molar refractivity (Wildman–Crippen MR) is 175 cm³/mol. The topological polar surface area (TPSA) is 104 Å². The second kappa shape index (κ2) is 12.6. The fourth-order valence-corrected chi connectivity index (χ4v) is 7.41. The maximum absolute atomic E-state index is 13.1. The van der Waals surface area contributed by atoms with Crippen molar-refractivity contribution in [3.63, 3.8) is 0 Å². The van der Waals surface area contributed by atoms with E-state index in [0.717, 1.165) is 47.2 Å². The van der Waals surface area contributed by atoms with E-state index in [1.165, 1.54) is 22.7 Å². The Bertz CT molecular complexity index is 1890. The summed E-state index contributed by atoms with van der Waals surface area (Å²) in [6.07, 6.45) is 1.90. The van der Waals surface area contributed by atoms with Gasteiger partial charge in [-0.2, -0.15) is 5.10 Å². The summed E-state index contributed by atoms with van der Waals surface area (Å²) in [6, 6.07) is 11.4. The fourth-order valence-electron chi connectivity index (χ4n) is 4.90. The minimum absolute atomic E-state index is 0.000658. The highest BCUT2D eigenvalue weighted by Crippen LogP contribution is 2.39. The van der Waals surface area contributed by atoms with Crippen LogP contribution in [0.3, 0.4) is 0 Å². The van der Waals surface area contributed by atoms with Crippen LogP contribution in [-0.2, 0) is 11.3 Å². The van der Waals surface area contributed by atoms with Gasteiger partial charge in [0.1, 0.15) is 38.8 Å². The Morgan fingerprint density at radius 2 is 1.84 bits per heavy atom. The number of hydrogen-bond donors (Lipinski definition) is 0. The molecule has 0 saturated carbocycles. The predicted octanol–water partition coefficient (Wildman–Crippen LogP) is 6.83. The molecule has 4 aromatic heterocycles. The Labute approximate surface area is 266 Å². The zero-order chi connectivity index (χ0) is 31.0. The first-order valence-corrected chi connectivity index (χ1v) is 16.5. The van der Waals surface area contributed by atoms with E-state index < -0.39 is 0 Å². The third-order valence-corrected chi connectivity index (χ3v) is 10.1. The second-order valence-electron chi connectivity index (χ2n) is 10.7. The van der Waals surface area contributed by atoms with Crippen LogP contribution in [0.15, 0.2) is 48.0 Å². The summed E-state index contributed by atoms with van der Waals surface area (Å²) in [5, 5.41) is 9.05. The van der Waals surface area contributed by atoms with Crippen molar-refractivity contribution in [2.75, 3.05) is 27.9 Å². The van der Waals surface area contributed by atoms with Crippen LogP contribution < -0.4 is 9.47 Å². The minimum Gasteiger partial charge on any atom is -0.497 e. The third-order valence-electron chi connectivity index (χ3n) is 7.26. The Kier molecular flexibility index (Phi) is 8.63. The molecule has 4 heterocycles. The molecule has 2 aromatic carbocycles. The number of benzene rings is 2. The minimum atomic E-state index is -0.0316. The number of fused-ring (bicyclic) bond motifs is 2. The molecule has 13 heteroatoms. The van der Waals surface area contributed by atoms with Crippen LogP contribution in [0.5, 0.6) is 11.5 Å². The number of hydrogen-bond acceptors (Lipinski definition) is 11. The zero-order valence-corrected chi connectivity index (χ0v) is 27.7. The van der Waals surface area contributed by atoms with Gasteiger partial charge in [-0.05, 0) is 25.0 Å². The number of aryl methyl sites for hydroxylation is 1. The molecule has 0 spiro atoms. The average molecular weight is 649 g/mol. The number of thiazole rings is 2. The number of nitrogens with zero attached hydrogens (tertiary/aromatic N) is 6. The van der Waals surface area contributed by atoms with Crippen LogP contribution in [0.2, 0.25) is 0 Å². The van der Waals surface area contributed by atoms with Crippen molar-refractivity contribution in [3.05, 3.63) is 64.2 Å². The van der Waals surface area contributed by atoms with Gasteiger partial charge in [-0.25, -0.2) is 19.5 Å². The number of likely N-dealkylation sites (N-methyl/N-ethyl adjacent to an activating group) is 1. The molecule has 0 radical (unpaired) electrons. The highest BCUT2D eigenvalue weighted by Gasteiger charge is 2.24. The van der Waals surface area contributed by atoms with Gasteiger partial charge in [-0.3, -0.25) is 4.79 Å². The van der Waals surface area contributed by atoms with Gasteiger partial charge in [0, 0.05) is 42.8 Å². The molecule has 6 rings (SSSR count). The first-order valence-electron chi connectivity index (χ1n) is 14.0. The summed E-state index contributed by atoms with van der Waals surface area (Å²) in [5.41, 5.74) is 3.93. The molecule has 1 unspecified atom stereocenters. The van der Waals surface area contributed by atoms with Gasteiger partial charge in [0.25, 0.3) is 5.91 Å². The van der Waals surface area contributed by atoms with E-state index in [1.54, 1.807) is 35.0 Å². The van der Waals surface area contributed by atoms with Crippen molar-refractivity contribution in [1.29, 1.82) is 0 Å². The van der Waals surface area contributed by atoms with Gasteiger partial charge >= 0.3 is 0 Å². The van der Waals surface area contributed by atoms with Gasteiger partial charge < -0.3 is 19.1 Å². The molecule has 1 amide bonds. The summed E-state index contributed by atoms with van der Waals surface area (Å²) >= 11 is 4.60. The van der Waals surface area contributed by atoms with Crippen molar-refractivity contribution in [1.82, 2.24) is 29.5 Å². The van der Waals surface area contributed by atoms with Crippen LogP contribution >= 0.6 is 34.0 Å². The molecule has 0 saturated heterocycles. The third kappa shape index (κ3) is 6.05. The molecule has 0 aliphatic heterocycles. The molecule has 228 valence electrons. The number of amides is 1. The lowest BCUT2D eigenvalue weighted by atomic mass is 10.0. The van der Waals surface area contributed by atoms with E-state index in [2.05, 4.69) is 18.9 Å². The Balaban J connectivity index is 1.17. The summed E-state index contributed by atoms with van der Waals surface area (Å²) in [6.45, 7) is 6.92. The zero-order valence-electron chi connectivity index (χ0n) is 25.2. The number of aromatic nitrogens is 5. The number of imidazole rings is 1. The molecular formula is C31H32N6O4S3. The van der Waals surface area contributed by atoms with Crippen LogP contribution in [-0.4, -0.2) is 69.3 Å². The number of ether oxygens (including phenoxy) is 3. The average Bonchev–Trinajstić information content (AvgIpc) is 3.81. The standard InChI is InChI=1S/C31H32N6O4S3/c1-17(2)25(15-39-5)36(4)30(38)20-9-7-19(8-10-20)28-32-21(16-42-28)14-41-26-12-22(40-6)11-23-27(26)44-29(33-23)24-13-37-31(34-24)43-18(3)35-37/h7-13,16-17,25H,14-15H2,1-6H3. The van der Waals surface area contributed by atoms with Crippen LogP contribution in [0.4, 0.5) is 0 Å². The summed E-state index contributed by atoms with van der Waals surface area (Å²) in [5.74, 6) is 1.58. The van der Waals surface area contributed by atoms with E-state index >= 15 is 0 Å². The first kappa shape index (κ1) is 30.1. The van der Waals surface area contributed by atoms with E-state index in [4.69, 9.17) is 29.2 Å². The number of carbonyl (C=O) groups excluding carboxylic acids is 1. The van der Waals surface area contributed by atoms with Gasteiger partial charge in [0.2, 0.25) is 4.96 Å². The number of carbonyl (C=O) groups is 1. The summed E-state index contributed by atoms with van der Waals surface area (Å²) in [4.78, 5) is 30.0. The second-order valence-corrected chi connectivity index (χ2v) is 13.7. The van der Waals surface area contributed by atoms with E-state index in [-0.39, 0.29) is 24.5 Å². The van der Waals surface area contributed by atoms with Crippen molar-refractivity contribution in [3.8, 4) is 32.8 Å². The molecule has 0 fully saturated rings. The number of methoxy groups -OCH3 is 2. The molecule has 6 aromatic rings. The molecule has 44 heavy (non-hydrogen) atoms. The Morgan fingerprint density at radius 1 is 1.05 bits per heavy atom. The molecule has 1 atom stereocenters. The number of rotatable bonds is 11. The Morgan fingerprint density at radius 3 is 2.55 bits per heavy atom. The van der Waals surface area contributed by atoms with Crippen molar-refractivity contribution >= 4 is 55.1 Å². The molecule has 0 aliphatic rings. The smallest absolute Gasteiger partial charge is 0.253 e. The molecule has 0 N–H and O–H groups in total. The molecular weight excluding hydrogens is 617 g/mol. The SMILES string of the molecule is COCC(C(C)C)N(C)C(=O)c1ccc(-c2nc(COc3cc(OC)cc4nc(-c5cn6nc(C)sc6n5)sc34)cs2)cc1. The van der Waals surface area contributed by atoms with Crippen LogP contribution in [0.25, 0.3) is 36.5 Å². The highest BCUT2D eigenvalue weighted by atomic mass is 32.1. The largest absolute Gasteiger partial charge is 0.497 e. The van der Waals surface area contributed by atoms with Crippen LogP contribution in [0, 0.1) is 12.8 Å². The Hall–Kier alpha value is -3.91. The fraction of sp³-hybridized carbons (Fsp3) is 0.323. The summed E-state index contributed by atoms with van der Waals surface area (Å²) in [7, 11) is 5.11. The van der Waals surface area contributed by atoms with Crippen molar-refractivity contribution in [2.24, 2.45) is 5.92 Å². The van der Waals surface area contributed by atoms with E-state index in [9.17, 15) is 4.79 Å². The quantitative estimate of drug-likeness (QED) is 0.151. The van der Waals surface area contributed by atoms with Gasteiger partial charge in [0.15, 0.2) is 0 Å². The van der Waals surface area contributed by atoms with Crippen molar-refractivity contribution in [2.45, 2.75) is 33.4 Å². The van der Waals surface area contributed by atoms with E-state index in [0.29, 0.717) is 23.7 Å². The lowest BCUT2D eigenvalue weighted by molar-refractivity contribution is 0.0512. The highest BCUT2D eigenvalue weighted by molar-refractivity contribution is 7.22. The van der Waals surface area contributed by atoms with Crippen LogP contribution in [0.1, 0.15) is 34.9 Å². The lowest BCUT2D eigenvalue weighted by Gasteiger charge is -2.30. The monoisotopic (exact) mass is 648 g/mol. The summed E-state index contributed by atoms with van der Waals surface area (Å²) < 4.78 is 19.8. The molecule has 10 nitrogen and oxygen atoms in total. The molecule has 0 aliphatic carbocycles. The van der Waals surface area contributed by atoms with E-state index in [1.807, 2.05) is 61.9 Å². The maximum Gasteiger partial charge on any atom is 0.253 e. The van der Waals surface area contributed by atoms with Gasteiger partial charge in [-0.15, -0.1) is 22.7 Å².